The van der Waals surface area contributed by atoms with Crippen LogP contribution in [0.3, 0.4) is 0 Å². The van der Waals surface area contributed by atoms with Gasteiger partial charge in [0, 0.05) is 23.3 Å². The third-order valence-corrected chi connectivity index (χ3v) is 5.68. The zero-order chi connectivity index (χ0) is 22.5. The summed E-state index contributed by atoms with van der Waals surface area (Å²) in [7, 11) is 0. The van der Waals surface area contributed by atoms with Crippen LogP contribution in [0.2, 0.25) is 0 Å². The topological polar surface area (TPSA) is 84.0 Å². The van der Waals surface area contributed by atoms with E-state index in [1.807, 2.05) is 17.5 Å². The number of carbonyl (C=O) groups is 2. The van der Waals surface area contributed by atoms with Crippen molar-refractivity contribution >= 4 is 23.2 Å². The second kappa shape index (κ2) is 9.74. The summed E-state index contributed by atoms with van der Waals surface area (Å²) in [6, 6.07) is 5.44. The quantitative estimate of drug-likeness (QED) is 0.574. The van der Waals surface area contributed by atoms with Gasteiger partial charge >= 0.3 is 0 Å². The van der Waals surface area contributed by atoms with Gasteiger partial charge in [-0.15, -0.1) is 11.3 Å². The Kier molecular flexibility index (Phi) is 7.06. The third-order valence-electron chi connectivity index (χ3n) is 4.65. The molecule has 0 spiro atoms. The number of hydrogen-bond donors (Lipinski definition) is 2. The summed E-state index contributed by atoms with van der Waals surface area (Å²) in [5.41, 5.74) is 0.971. The molecule has 2 atom stereocenters. The highest BCUT2D eigenvalue weighted by molar-refractivity contribution is 7.10. The molecular weight excluding hydrogens is 422 g/mol. The standard InChI is InChI=1S/C22H22F2N4O2S/c1-12(2)19(28-20(29)18-15(23)5-4-6-16(18)24)21(30)26-13(3)22-27-17(11-31-22)14-7-9-25-10-8-14/h4-13,19H,1-3H3,(H,26,30)(H,28,29). The first-order valence-electron chi connectivity index (χ1n) is 9.69. The zero-order valence-corrected chi connectivity index (χ0v) is 18.0. The van der Waals surface area contributed by atoms with Crippen LogP contribution in [0, 0.1) is 17.6 Å². The molecule has 6 nitrogen and oxygen atoms in total. The van der Waals surface area contributed by atoms with Crippen molar-refractivity contribution in [2.75, 3.05) is 0 Å². The molecule has 1 aromatic carbocycles. The Morgan fingerprint density at radius 1 is 1.00 bits per heavy atom. The molecule has 2 heterocycles. The van der Waals surface area contributed by atoms with Crippen LogP contribution in [0.25, 0.3) is 11.3 Å². The Morgan fingerprint density at radius 3 is 2.26 bits per heavy atom. The summed E-state index contributed by atoms with van der Waals surface area (Å²) in [5, 5.41) is 7.84. The average molecular weight is 445 g/mol. The summed E-state index contributed by atoms with van der Waals surface area (Å²) >= 11 is 1.40. The van der Waals surface area contributed by atoms with E-state index in [0.717, 1.165) is 23.4 Å². The van der Waals surface area contributed by atoms with Gasteiger partial charge in [-0.05, 0) is 37.1 Å². The van der Waals surface area contributed by atoms with Gasteiger partial charge in [0.2, 0.25) is 5.91 Å². The lowest BCUT2D eigenvalue weighted by Crippen LogP contribution is -2.50. The van der Waals surface area contributed by atoms with Crippen LogP contribution >= 0.6 is 11.3 Å². The highest BCUT2D eigenvalue weighted by Gasteiger charge is 2.28. The molecule has 3 rings (SSSR count). The highest BCUT2D eigenvalue weighted by Crippen LogP contribution is 2.25. The molecule has 0 fully saturated rings. The van der Waals surface area contributed by atoms with Gasteiger partial charge in [-0.1, -0.05) is 19.9 Å². The number of thiazole rings is 1. The van der Waals surface area contributed by atoms with Crippen molar-refractivity contribution in [1.82, 2.24) is 20.6 Å². The van der Waals surface area contributed by atoms with E-state index in [1.165, 1.54) is 17.4 Å². The molecule has 0 aliphatic carbocycles. The van der Waals surface area contributed by atoms with Crippen LogP contribution in [-0.4, -0.2) is 27.8 Å². The maximum Gasteiger partial charge on any atom is 0.257 e. The van der Waals surface area contributed by atoms with Gasteiger partial charge in [0.05, 0.1) is 11.7 Å². The molecule has 2 N–H and O–H groups in total. The summed E-state index contributed by atoms with van der Waals surface area (Å²) in [5.74, 6) is -3.73. The summed E-state index contributed by atoms with van der Waals surface area (Å²) in [4.78, 5) is 33.8. The summed E-state index contributed by atoms with van der Waals surface area (Å²) in [6.07, 6.45) is 3.35. The van der Waals surface area contributed by atoms with E-state index in [4.69, 9.17) is 0 Å². The average Bonchev–Trinajstić information content (AvgIpc) is 3.22. The molecule has 2 aromatic heterocycles. The number of amides is 2. The van der Waals surface area contributed by atoms with Crippen molar-refractivity contribution in [3.05, 3.63) is 70.3 Å². The molecule has 0 aliphatic rings. The number of halogens is 2. The zero-order valence-electron chi connectivity index (χ0n) is 17.2. The molecule has 0 radical (unpaired) electrons. The number of pyridine rings is 1. The van der Waals surface area contributed by atoms with Crippen molar-refractivity contribution in [1.29, 1.82) is 0 Å². The minimum Gasteiger partial charge on any atom is -0.345 e. The lowest BCUT2D eigenvalue weighted by Gasteiger charge is -2.23. The fourth-order valence-electron chi connectivity index (χ4n) is 2.97. The molecule has 0 aliphatic heterocycles. The fourth-order valence-corrected chi connectivity index (χ4v) is 3.81. The van der Waals surface area contributed by atoms with Crippen molar-refractivity contribution in [3.63, 3.8) is 0 Å². The van der Waals surface area contributed by atoms with Crippen molar-refractivity contribution in [2.24, 2.45) is 5.92 Å². The van der Waals surface area contributed by atoms with Crippen molar-refractivity contribution in [2.45, 2.75) is 32.9 Å². The maximum atomic E-state index is 13.9. The number of aromatic nitrogens is 2. The number of nitrogens with zero attached hydrogens (tertiary/aromatic N) is 2. The van der Waals surface area contributed by atoms with Gasteiger partial charge in [-0.25, -0.2) is 13.8 Å². The van der Waals surface area contributed by atoms with Crippen LogP contribution in [0.5, 0.6) is 0 Å². The van der Waals surface area contributed by atoms with Gasteiger partial charge in [-0.2, -0.15) is 0 Å². The van der Waals surface area contributed by atoms with E-state index in [1.54, 1.807) is 33.2 Å². The van der Waals surface area contributed by atoms with Crippen LogP contribution in [-0.2, 0) is 4.79 Å². The van der Waals surface area contributed by atoms with Crippen molar-refractivity contribution < 1.29 is 18.4 Å². The van der Waals surface area contributed by atoms with Gasteiger partial charge < -0.3 is 10.6 Å². The Labute approximate surface area is 182 Å². The van der Waals surface area contributed by atoms with Crippen LogP contribution in [0.1, 0.15) is 42.2 Å². The maximum absolute atomic E-state index is 13.9. The SMILES string of the molecule is CC(NC(=O)C(NC(=O)c1c(F)cccc1F)C(C)C)c1nc(-c2ccncc2)cs1. The number of nitrogens with one attached hydrogen (secondary N) is 2. The number of hydrogen-bond acceptors (Lipinski definition) is 5. The van der Waals surface area contributed by atoms with Crippen LogP contribution in [0.4, 0.5) is 8.78 Å². The van der Waals surface area contributed by atoms with E-state index in [9.17, 15) is 18.4 Å². The van der Waals surface area contributed by atoms with E-state index in [-0.39, 0.29) is 5.92 Å². The first kappa shape index (κ1) is 22.5. The molecule has 0 saturated carbocycles. The molecule has 2 unspecified atom stereocenters. The van der Waals surface area contributed by atoms with Crippen LogP contribution < -0.4 is 10.6 Å². The normalized spacial score (nSPS) is 13.0. The molecule has 31 heavy (non-hydrogen) atoms. The Morgan fingerprint density at radius 2 is 1.65 bits per heavy atom. The number of carbonyl (C=O) groups excluding carboxylic acids is 2. The first-order valence-corrected chi connectivity index (χ1v) is 10.6. The van der Waals surface area contributed by atoms with Gasteiger partial charge in [0.1, 0.15) is 28.2 Å². The Balaban J connectivity index is 1.71. The van der Waals surface area contributed by atoms with Gasteiger partial charge in [-0.3, -0.25) is 14.6 Å². The number of benzene rings is 1. The molecular formula is C22H22F2N4O2S. The molecule has 0 bridgehead atoms. The molecule has 2 amide bonds. The lowest BCUT2D eigenvalue weighted by molar-refractivity contribution is -0.124. The smallest absolute Gasteiger partial charge is 0.257 e. The molecule has 3 aromatic rings. The Bertz CT molecular complexity index is 1050. The monoisotopic (exact) mass is 444 g/mol. The van der Waals surface area contributed by atoms with Gasteiger partial charge in [0.15, 0.2) is 0 Å². The minimum absolute atomic E-state index is 0.311. The van der Waals surface area contributed by atoms with Gasteiger partial charge in [0.25, 0.3) is 5.91 Å². The summed E-state index contributed by atoms with van der Waals surface area (Å²) in [6.45, 7) is 5.25. The predicted octanol–water partition coefficient (Wildman–Crippen LogP) is 4.12. The Hall–Kier alpha value is -3.20. The molecule has 9 heteroatoms. The molecule has 0 saturated heterocycles. The largest absolute Gasteiger partial charge is 0.345 e. The van der Waals surface area contributed by atoms with E-state index in [0.29, 0.717) is 5.01 Å². The van der Waals surface area contributed by atoms with Crippen LogP contribution in [0.15, 0.2) is 48.1 Å². The lowest BCUT2D eigenvalue weighted by atomic mass is 10.0. The second-order valence-corrected chi connectivity index (χ2v) is 8.22. The van der Waals surface area contributed by atoms with E-state index >= 15 is 0 Å². The predicted molar refractivity (Wildman–Crippen MR) is 114 cm³/mol. The fraction of sp³-hybridized carbons (Fsp3) is 0.273. The highest BCUT2D eigenvalue weighted by atomic mass is 32.1. The second-order valence-electron chi connectivity index (χ2n) is 7.33. The molecule has 162 valence electrons. The minimum atomic E-state index is -0.986. The number of rotatable bonds is 7. The van der Waals surface area contributed by atoms with Crippen molar-refractivity contribution in [3.8, 4) is 11.3 Å². The van der Waals surface area contributed by atoms with E-state index in [2.05, 4.69) is 20.6 Å². The van der Waals surface area contributed by atoms with E-state index < -0.39 is 41.1 Å². The summed E-state index contributed by atoms with van der Waals surface area (Å²) < 4.78 is 27.8. The first-order chi connectivity index (χ1) is 14.8. The third kappa shape index (κ3) is 5.29.